The lowest BCUT2D eigenvalue weighted by molar-refractivity contribution is -0.192. The lowest BCUT2D eigenvalue weighted by Crippen LogP contribution is -2.45. The van der Waals surface area contributed by atoms with E-state index in [9.17, 15) is 18.0 Å². The molecule has 0 aromatic rings. The number of halogens is 3. The first kappa shape index (κ1) is 23.7. The van der Waals surface area contributed by atoms with Crippen LogP contribution in [0.1, 0.15) is 27.7 Å². The van der Waals surface area contributed by atoms with Crippen LogP contribution in [0.2, 0.25) is 0 Å². The van der Waals surface area contributed by atoms with Gasteiger partial charge in [-0.2, -0.15) is 13.2 Å². The minimum atomic E-state index is -5.08. The van der Waals surface area contributed by atoms with Gasteiger partial charge in [-0.3, -0.25) is 4.90 Å². The molecule has 2 amide bonds. The molecule has 0 aliphatic carbocycles. The molecule has 7 nitrogen and oxygen atoms in total. The Morgan fingerprint density at radius 1 is 1.09 bits per heavy atom. The van der Waals surface area contributed by atoms with Gasteiger partial charge in [-0.1, -0.05) is 0 Å². The molecule has 0 saturated carbocycles. The number of carboxylic acid groups (broad SMARTS) is 1. The first-order valence-corrected chi connectivity index (χ1v) is 7.21. The third-order valence-corrected chi connectivity index (χ3v) is 2.65. The van der Waals surface area contributed by atoms with Crippen LogP contribution < -0.4 is 16.4 Å². The molecule has 0 spiro atoms. The van der Waals surface area contributed by atoms with Crippen LogP contribution in [-0.2, 0) is 4.79 Å². The Bertz CT molecular complexity index is 342. The van der Waals surface area contributed by atoms with Gasteiger partial charge in [0.25, 0.3) is 0 Å². The molecule has 0 saturated heterocycles. The molecule has 23 heavy (non-hydrogen) atoms. The monoisotopic (exact) mass is 344 g/mol. The van der Waals surface area contributed by atoms with Crippen molar-refractivity contribution in [1.82, 2.24) is 15.5 Å². The molecular weight excluding hydrogens is 317 g/mol. The summed E-state index contributed by atoms with van der Waals surface area (Å²) in [5, 5.41) is 12.6. The molecule has 0 aliphatic heterocycles. The highest BCUT2D eigenvalue weighted by Gasteiger charge is 2.38. The third-order valence-electron chi connectivity index (χ3n) is 2.65. The van der Waals surface area contributed by atoms with Gasteiger partial charge in [0.05, 0.1) is 0 Å². The Kier molecular flexibility index (Phi) is 12.3. The lowest BCUT2D eigenvalue weighted by Gasteiger charge is -2.30. The predicted molar refractivity (Wildman–Crippen MR) is 81.1 cm³/mol. The first-order chi connectivity index (χ1) is 10.4. The highest BCUT2D eigenvalue weighted by atomic mass is 19.4. The van der Waals surface area contributed by atoms with Crippen molar-refractivity contribution in [2.24, 2.45) is 5.73 Å². The lowest BCUT2D eigenvalue weighted by atomic mass is 10.2. The number of hydrogen-bond acceptors (Lipinski definition) is 4. The molecule has 0 aliphatic rings. The van der Waals surface area contributed by atoms with Crippen LogP contribution in [0, 0.1) is 0 Å². The number of nitrogens with two attached hydrogens (primary N) is 1. The SMILES string of the molecule is CC(C)N(CCNC(=O)NCCN)C(C)C.O=C(O)C(F)(F)F. The Labute approximate surface area is 134 Å². The van der Waals surface area contributed by atoms with E-state index >= 15 is 0 Å². The number of nitrogens with one attached hydrogen (secondary N) is 2. The van der Waals surface area contributed by atoms with Gasteiger partial charge in [0.1, 0.15) is 0 Å². The highest BCUT2D eigenvalue weighted by Crippen LogP contribution is 2.13. The molecule has 0 rings (SSSR count). The minimum Gasteiger partial charge on any atom is -0.475 e. The van der Waals surface area contributed by atoms with Crippen LogP contribution in [0.5, 0.6) is 0 Å². The van der Waals surface area contributed by atoms with Crippen molar-refractivity contribution >= 4 is 12.0 Å². The van der Waals surface area contributed by atoms with Gasteiger partial charge < -0.3 is 21.5 Å². The van der Waals surface area contributed by atoms with Crippen LogP contribution in [0.3, 0.4) is 0 Å². The van der Waals surface area contributed by atoms with Crippen molar-refractivity contribution in [3.63, 3.8) is 0 Å². The van der Waals surface area contributed by atoms with Crippen LogP contribution in [0.25, 0.3) is 0 Å². The van der Waals surface area contributed by atoms with Gasteiger partial charge in [-0.05, 0) is 27.7 Å². The van der Waals surface area contributed by atoms with Crippen molar-refractivity contribution in [1.29, 1.82) is 0 Å². The van der Waals surface area contributed by atoms with E-state index in [1.165, 1.54) is 0 Å². The fraction of sp³-hybridized carbons (Fsp3) is 0.846. The molecule has 0 heterocycles. The number of aliphatic carboxylic acids is 1. The average molecular weight is 344 g/mol. The summed E-state index contributed by atoms with van der Waals surface area (Å²) in [6.07, 6.45) is -5.08. The predicted octanol–water partition coefficient (Wildman–Crippen LogP) is 0.996. The summed E-state index contributed by atoms with van der Waals surface area (Å²) >= 11 is 0. The summed E-state index contributed by atoms with van der Waals surface area (Å²) in [4.78, 5) is 22.5. The molecule has 0 bridgehead atoms. The smallest absolute Gasteiger partial charge is 0.475 e. The third kappa shape index (κ3) is 13.8. The van der Waals surface area contributed by atoms with Gasteiger partial charge in [-0.15, -0.1) is 0 Å². The summed E-state index contributed by atoms with van der Waals surface area (Å²) < 4.78 is 31.7. The van der Waals surface area contributed by atoms with E-state index in [1.807, 2.05) is 0 Å². The number of carbonyl (C=O) groups is 2. The standard InChI is InChI=1S/C11H26N4O.C2HF3O2/c1-9(2)15(10(3)4)8-7-14-11(16)13-6-5-12;3-2(4,5)1(6)7/h9-10H,5-8,12H2,1-4H3,(H2,13,14,16);(H,6,7). The molecule has 0 aromatic carbocycles. The summed E-state index contributed by atoms with van der Waals surface area (Å²) in [7, 11) is 0. The topological polar surface area (TPSA) is 108 Å². The van der Waals surface area contributed by atoms with Gasteiger partial charge in [0.2, 0.25) is 0 Å². The Morgan fingerprint density at radius 3 is 1.78 bits per heavy atom. The Balaban J connectivity index is 0. The van der Waals surface area contributed by atoms with Crippen LogP contribution in [0.4, 0.5) is 18.0 Å². The zero-order chi connectivity index (χ0) is 18.6. The van der Waals surface area contributed by atoms with E-state index in [0.717, 1.165) is 6.54 Å². The molecule has 0 unspecified atom stereocenters. The fourth-order valence-corrected chi connectivity index (χ4v) is 1.66. The second-order valence-electron chi connectivity index (χ2n) is 5.20. The number of nitrogens with zero attached hydrogens (tertiary/aromatic N) is 1. The minimum absolute atomic E-state index is 0.141. The van der Waals surface area contributed by atoms with Crippen molar-refractivity contribution in [2.75, 3.05) is 26.2 Å². The van der Waals surface area contributed by atoms with Crippen molar-refractivity contribution in [3.8, 4) is 0 Å². The van der Waals surface area contributed by atoms with Crippen molar-refractivity contribution in [3.05, 3.63) is 0 Å². The van der Waals surface area contributed by atoms with Crippen LogP contribution in [-0.4, -0.2) is 66.4 Å². The molecule has 0 atom stereocenters. The molecule has 10 heteroatoms. The summed E-state index contributed by atoms with van der Waals surface area (Å²) in [6, 6.07) is 0.848. The van der Waals surface area contributed by atoms with E-state index < -0.39 is 12.1 Å². The first-order valence-electron chi connectivity index (χ1n) is 7.21. The summed E-state index contributed by atoms with van der Waals surface area (Å²) in [6.45, 7) is 11.2. The van der Waals surface area contributed by atoms with Gasteiger partial charge >= 0.3 is 18.2 Å². The number of carbonyl (C=O) groups excluding carboxylic acids is 1. The molecular formula is C13H27F3N4O3. The van der Waals surface area contributed by atoms with Gasteiger partial charge in [-0.25, -0.2) is 9.59 Å². The largest absolute Gasteiger partial charge is 0.490 e. The normalized spacial score (nSPS) is 11.3. The van der Waals surface area contributed by atoms with Gasteiger partial charge in [0.15, 0.2) is 0 Å². The summed E-state index contributed by atoms with van der Waals surface area (Å²) in [5.41, 5.74) is 5.28. The second-order valence-corrected chi connectivity index (χ2v) is 5.20. The van der Waals surface area contributed by atoms with Crippen molar-refractivity contribution in [2.45, 2.75) is 46.0 Å². The maximum absolute atomic E-state index is 11.2. The molecule has 0 aromatic heterocycles. The fourth-order valence-electron chi connectivity index (χ4n) is 1.66. The van der Waals surface area contributed by atoms with Gasteiger partial charge in [0, 0.05) is 38.3 Å². The zero-order valence-corrected chi connectivity index (χ0v) is 13.9. The van der Waals surface area contributed by atoms with Crippen molar-refractivity contribution < 1.29 is 27.9 Å². The number of amides is 2. The van der Waals surface area contributed by atoms with Crippen LogP contribution >= 0.6 is 0 Å². The van der Waals surface area contributed by atoms with E-state index in [1.54, 1.807) is 0 Å². The number of urea groups is 1. The van der Waals surface area contributed by atoms with E-state index in [0.29, 0.717) is 31.7 Å². The zero-order valence-electron chi connectivity index (χ0n) is 13.9. The maximum Gasteiger partial charge on any atom is 0.490 e. The number of rotatable bonds is 7. The highest BCUT2D eigenvalue weighted by molar-refractivity contribution is 5.73. The average Bonchev–Trinajstić information content (AvgIpc) is 2.39. The Hall–Kier alpha value is -1.55. The quantitative estimate of drug-likeness (QED) is 0.551. The van der Waals surface area contributed by atoms with E-state index in [4.69, 9.17) is 15.6 Å². The molecule has 138 valence electrons. The number of carboxylic acids is 1. The maximum atomic E-state index is 11.2. The summed E-state index contributed by atoms with van der Waals surface area (Å²) in [5.74, 6) is -2.76. The van der Waals surface area contributed by atoms with E-state index in [2.05, 4.69) is 43.2 Å². The number of hydrogen-bond donors (Lipinski definition) is 4. The molecule has 0 radical (unpaired) electrons. The molecule has 0 fully saturated rings. The second kappa shape index (κ2) is 11.9. The Morgan fingerprint density at radius 2 is 1.48 bits per heavy atom. The van der Waals surface area contributed by atoms with Crippen LogP contribution in [0.15, 0.2) is 0 Å². The van der Waals surface area contributed by atoms with E-state index in [-0.39, 0.29) is 6.03 Å². The molecule has 5 N–H and O–H groups in total. The number of alkyl halides is 3.